The molecular weight excluding hydrogens is 372 g/mol. The van der Waals surface area contributed by atoms with Crippen molar-refractivity contribution < 1.29 is 18.3 Å². The summed E-state index contributed by atoms with van der Waals surface area (Å²) < 4.78 is 35.0. The number of aromatic nitrogens is 1. The van der Waals surface area contributed by atoms with Crippen molar-refractivity contribution in [1.29, 1.82) is 0 Å². The normalized spacial score (nSPS) is 19.7. The maximum absolute atomic E-state index is 13.8. The van der Waals surface area contributed by atoms with Gasteiger partial charge in [-0.2, -0.15) is 0 Å². The third-order valence-corrected chi connectivity index (χ3v) is 5.57. The number of hydrogen-bond acceptors (Lipinski definition) is 2. The summed E-state index contributed by atoms with van der Waals surface area (Å²) in [6.07, 6.45) is -0.240. The van der Waals surface area contributed by atoms with Crippen molar-refractivity contribution in [3.8, 4) is 11.1 Å². The Hall–Kier alpha value is -2.69. The summed E-state index contributed by atoms with van der Waals surface area (Å²) in [6, 6.07) is 14.9. The Labute approximate surface area is 169 Å². The highest BCUT2D eigenvalue weighted by Crippen LogP contribution is 2.38. The van der Waals surface area contributed by atoms with Crippen LogP contribution in [0.4, 0.5) is 8.78 Å². The van der Waals surface area contributed by atoms with Gasteiger partial charge in [-0.3, -0.25) is 4.79 Å². The van der Waals surface area contributed by atoms with E-state index in [1.54, 1.807) is 12.1 Å². The van der Waals surface area contributed by atoms with Crippen LogP contribution < -0.4 is 0 Å². The average molecular weight is 397 g/mol. The second-order valence-electron chi connectivity index (χ2n) is 8.00. The number of benzene rings is 2. The molecule has 0 aliphatic carbocycles. The van der Waals surface area contributed by atoms with Crippen molar-refractivity contribution in [1.82, 2.24) is 4.57 Å². The number of fused-ring (bicyclic) bond motifs is 1. The van der Waals surface area contributed by atoms with Gasteiger partial charge in [0, 0.05) is 34.6 Å². The maximum atomic E-state index is 13.8. The molecule has 1 saturated heterocycles. The fourth-order valence-corrected chi connectivity index (χ4v) is 4.40. The highest BCUT2D eigenvalue weighted by Gasteiger charge is 2.29. The van der Waals surface area contributed by atoms with Gasteiger partial charge >= 0.3 is 5.97 Å². The molecular formula is C24H25F2NO2. The van der Waals surface area contributed by atoms with Gasteiger partial charge in [0.2, 0.25) is 0 Å². The first-order chi connectivity index (χ1) is 13.9. The molecule has 2 atom stereocenters. The number of para-hydroxylation sites is 1. The van der Waals surface area contributed by atoms with Crippen LogP contribution in [-0.2, 0) is 16.0 Å². The molecule has 3 aromatic rings. The van der Waals surface area contributed by atoms with Crippen LogP contribution in [0.1, 0.15) is 44.8 Å². The number of carbonyl (C=O) groups excluding carboxylic acids is 1. The summed E-state index contributed by atoms with van der Waals surface area (Å²) in [5.74, 6) is -0.733. The van der Waals surface area contributed by atoms with Crippen LogP contribution in [0.5, 0.6) is 0 Å². The largest absolute Gasteiger partial charge is 0.462 e. The Morgan fingerprint density at radius 2 is 1.86 bits per heavy atom. The highest BCUT2D eigenvalue weighted by molar-refractivity contribution is 5.98. The van der Waals surface area contributed by atoms with Gasteiger partial charge in [0.1, 0.15) is 18.1 Å². The van der Waals surface area contributed by atoms with E-state index in [0.717, 1.165) is 27.7 Å². The van der Waals surface area contributed by atoms with E-state index in [1.165, 1.54) is 12.1 Å². The van der Waals surface area contributed by atoms with E-state index in [2.05, 4.69) is 30.5 Å². The summed E-state index contributed by atoms with van der Waals surface area (Å²) in [6.45, 7) is 4.26. The van der Waals surface area contributed by atoms with Crippen LogP contribution in [0, 0.1) is 5.82 Å². The van der Waals surface area contributed by atoms with Gasteiger partial charge in [-0.15, -0.1) is 0 Å². The van der Waals surface area contributed by atoms with Crippen LogP contribution >= 0.6 is 0 Å². The molecule has 0 unspecified atom stereocenters. The number of cyclic esters (lactones) is 1. The molecule has 4 rings (SSSR count). The van der Waals surface area contributed by atoms with Crippen molar-refractivity contribution in [3.05, 3.63) is 60.0 Å². The molecule has 5 heteroatoms. The zero-order valence-corrected chi connectivity index (χ0v) is 16.7. The Morgan fingerprint density at radius 1 is 1.14 bits per heavy atom. The van der Waals surface area contributed by atoms with Crippen molar-refractivity contribution in [2.75, 3.05) is 0 Å². The van der Waals surface area contributed by atoms with Gasteiger partial charge in [0.15, 0.2) is 0 Å². The lowest BCUT2D eigenvalue weighted by Crippen LogP contribution is -2.31. The van der Waals surface area contributed by atoms with E-state index in [-0.39, 0.29) is 24.7 Å². The van der Waals surface area contributed by atoms with E-state index in [9.17, 15) is 13.6 Å². The Bertz CT molecular complexity index is 1020. The molecule has 0 radical (unpaired) electrons. The number of esters is 1. The number of ether oxygens (including phenoxy) is 1. The Balaban J connectivity index is 1.78. The van der Waals surface area contributed by atoms with Crippen LogP contribution in [-0.4, -0.2) is 22.8 Å². The first-order valence-corrected chi connectivity index (χ1v) is 10.2. The quantitative estimate of drug-likeness (QED) is 0.494. The summed E-state index contributed by atoms with van der Waals surface area (Å²) in [5, 5.41) is 1.10. The van der Waals surface area contributed by atoms with Gasteiger partial charge < -0.3 is 9.30 Å². The lowest BCUT2D eigenvalue weighted by atomic mass is 9.97. The number of alkyl halides is 1. The van der Waals surface area contributed by atoms with E-state index in [0.29, 0.717) is 12.8 Å². The molecule has 0 amide bonds. The fourth-order valence-electron chi connectivity index (χ4n) is 4.40. The molecule has 29 heavy (non-hydrogen) atoms. The average Bonchev–Trinajstić information content (AvgIpc) is 3.00. The molecule has 1 aromatic heterocycles. The minimum absolute atomic E-state index is 0.149. The number of carbonyl (C=O) groups is 1. The third kappa shape index (κ3) is 3.91. The topological polar surface area (TPSA) is 31.2 Å². The standard InChI is InChI=1S/C24H25F2NO2/c1-15(2)27-21-6-4-3-5-20(21)24(16-7-9-17(25)10-8-16)22(27)12-11-19-13-18(26)14-23(28)29-19/h3-10,15,18-19H,11-14H2,1-2H3/t18-,19+/m0/s1. The molecule has 1 aliphatic rings. The molecule has 152 valence electrons. The first-order valence-electron chi connectivity index (χ1n) is 10.2. The van der Waals surface area contributed by atoms with E-state index >= 15 is 0 Å². The summed E-state index contributed by atoms with van der Waals surface area (Å²) in [7, 11) is 0. The Kier molecular flexibility index (Phi) is 5.39. The van der Waals surface area contributed by atoms with Crippen LogP contribution in [0.2, 0.25) is 0 Å². The summed E-state index contributed by atoms with van der Waals surface area (Å²) in [5.41, 5.74) is 4.22. The molecule has 0 N–H and O–H groups in total. The maximum Gasteiger partial charge on any atom is 0.309 e. The minimum atomic E-state index is -1.13. The lowest BCUT2D eigenvalue weighted by Gasteiger charge is -2.25. The van der Waals surface area contributed by atoms with E-state index in [1.807, 2.05) is 12.1 Å². The lowest BCUT2D eigenvalue weighted by molar-refractivity contribution is -0.157. The predicted octanol–water partition coefficient (Wildman–Crippen LogP) is 6.00. The van der Waals surface area contributed by atoms with Crippen LogP contribution in [0.15, 0.2) is 48.5 Å². The molecule has 2 heterocycles. The van der Waals surface area contributed by atoms with Crippen molar-refractivity contribution >= 4 is 16.9 Å². The van der Waals surface area contributed by atoms with Gasteiger partial charge in [0.05, 0.1) is 6.42 Å². The molecule has 1 fully saturated rings. The van der Waals surface area contributed by atoms with Crippen molar-refractivity contribution in [3.63, 3.8) is 0 Å². The monoisotopic (exact) mass is 397 g/mol. The van der Waals surface area contributed by atoms with E-state index < -0.39 is 18.2 Å². The zero-order valence-electron chi connectivity index (χ0n) is 16.7. The number of hydrogen-bond donors (Lipinski definition) is 0. The number of nitrogens with zero attached hydrogens (tertiary/aromatic N) is 1. The fraction of sp³-hybridized carbons (Fsp3) is 0.375. The first kappa shape index (κ1) is 19.6. The third-order valence-electron chi connectivity index (χ3n) is 5.57. The van der Waals surface area contributed by atoms with Crippen molar-refractivity contribution in [2.45, 2.75) is 57.8 Å². The molecule has 1 aliphatic heterocycles. The highest BCUT2D eigenvalue weighted by atomic mass is 19.1. The van der Waals surface area contributed by atoms with E-state index in [4.69, 9.17) is 4.74 Å². The smallest absolute Gasteiger partial charge is 0.309 e. The summed E-state index contributed by atoms with van der Waals surface area (Å²) >= 11 is 0. The molecule has 3 nitrogen and oxygen atoms in total. The van der Waals surface area contributed by atoms with Gasteiger partial charge in [-0.05, 0) is 50.5 Å². The van der Waals surface area contributed by atoms with Crippen LogP contribution in [0.25, 0.3) is 22.0 Å². The Morgan fingerprint density at radius 3 is 2.55 bits per heavy atom. The summed E-state index contributed by atoms with van der Waals surface area (Å²) in [4.78, 5) is 11.6. The SMILES string of the molecule is CC(C)n1c(CC[C@@H]2C[C@H](F)CC(=O)O2)c(-c2ccc(F)cc2)c2ccccc21. The number of rotatable bonds is 5. The minimum Gasteiger partial charge on any atom is -0.462 e. The molecule has 2 aromatic carbocycles. The van der Waals surface area contributed by atoms with Crippen molar-refractivity contribution in [2.24, 2.45) is 0 Å². The molecule has 0 bridgehead atoms. The second kappa shape index (κ2) is 7.97. The van der Waals surface area contributed by atoms with Gasteiger partial charge in [0.25, 0.3) is 0 Å². The zero-order chi connectivity index (χ0) is 20.5. The number of halogens is 2. The van der Waals surface area contributed by atoms with Gasteiger partial charge in [-0.1, -0.05) is 30.3 Å². The predicted molar refractivity (Wildman–Crippen MR) is 110 cm³/mol. The van der Waals surface area contributed by atoms with Gasteiger partial charge in [-0.25, -0.2) is 8.78 Å². The molecule has 0 spiro atoms. The molecule has 0 saturated carbocycles. The van der Waals surface area contributed by atoms with Crippen LogP contribution in [0.3, 0.4) is 0 Å². The second-order valence-corrected chi connectivity index (χ2v) is 8.00.